The number of anilines is 1. The quantitative estimate of drug-likeness (QED) is 0.552. The molecule has 0 bridgehead atoms. The number of aromatic nitrogens is 1. The van der Waals surface area contributed by atoms with Crippen LogP contribution in [0.25, 0.3) is 10.9 Å². The Balaban J connectivity index is 1.86. The Kier molecular flexibility index (Phi) is 5.44. The van der Waals surface area contributed by atoms with E-state index in [2.05, 4.69) is 32.7 Å². The van der Waals surface area contributed by atoms with Gasteiger partial charge in [-0.25, -0.2) is 12.4 Å². The summed E-state index contributed by atoms with van der Waals surface area (Å²) in [4.78, 5) is 4.88. The van der Waals surface area contributed by atoms with Crippen molar-refractivity contribution in [3.8, 4) is 0 Å². The molecule has 8 heteroatoms. The van der Waals surface area contributed by atoms with E-state index >= 15 is 0 Å². The molecular formula is C20H21BrClN3O2S. The summed E-state index contributed by atoms with van der Waals surface area (Å²) in [6.45, 7) is 6.81. The lowest BCUT2D eigenvalue weighted by Crippen LogP contribution is -2.46. The lowest BCUT2D eigenvalue weighted by Gasteiger charge is -2.35. The summed E-state index contributed by atoms with van der Waals surface area (Å²) in [6, 6.07) is 12.2. The normalized spacial score (nSPS) is 16.0. The maximum atomic E-state index is 13.4. The fourth-order valence-electron chi connectivity index (χ4n) is 3.67. The second kappa shape index (κ2) is 7.71. The number of piperazine rings is 1. The highest BCUT2D eigenvalue weighted by molar-refractivity contribution is 9.10. The van der Waals surface area contributed by atoms with Gasteiger partial charge < -0.3 is 9.80 Å². The third-order valence-corrected chi connectivity index (χ3v) is 8.17. The molecule has 0 unspecified atom stereocenters. The van der Waals surface area contributed by atoms with Crippen LogP contribution in [0.5, 0.6) is 0 Å². The summed E-state index contributed by atoms with van der Waals surface area (Å²) in [6.07, 6.45) is 1.73. The summed E-state index contributed by atoms with van der Waals surface area (Å²) in [5.74, 6) is 0. The highest BCUT2D eigenvalue weighted by Gasteiger charge is 2.26. The first-order chi connectivity index (χ1) is 13.4. The molecule has 0 saturated carbocycles. The second-order valence-corrected chi connectivity index (χ2v) is 9.90. The van der Waals surface area contributed by atoms with Gasteiger partial charge in [-0.1, -0.05) is 30.7 Å². The molecule has 1 saturated heterocycles. The number of benzene rings is 2. The molecule has 2 aromatic carbocycles. The monoisotopic (exact) mass is 481 g/mol. The minimum atomic E-state index is -3.75. The molecule has 3 aromatic rings. The van der Waals surface area contributed by atoms with Gasteiger partial charge in [-0.15, -0.1) is 0 Å². The summed E-state index contributed by atoms with van der Waals surface area (Å²) >= 11 is 9.62. The van der Waals surface area contributed by atoms with Crippen molar-refractivity contribution in [1.82, 2.24) is 8.87 Å². The van der Waals surface area contributed by atoms with Gasteiger partial charge in [0, 0.05) is 47.3 Å². The molecule has 1 fully saturated rings. The standard InChI is InChI=1S/C20H21BrClN3O2S/c1-2-23-9-11-24(12-10-23)19-14-25(18-8-7-15(22)13-16(18)19)28(26,27)20-6-4-3-5-17(20)21/h3-8,13-14H,2,9-12H2,1H3. The van der Waals surface area contributed by atoms with Crippen molar-refractivity contribution in [3.63, 3.8) is 0 Å². The minimum Gasteiger partial charge on any atom is -0.367 e. The Morgan fingerprint density at radius 3 is 2.46 bits per heavy atom. The van der Waals surface area contributed by atoms with Gasteiger partial charge in [0.15, 0.2) is 0 Å². The molecule has 0 amide bonds. The number of hydrogen-bond acceptors (Lipinski definition) is 4. The smallest absolute Gasteiger partial charge is 0.269 e. The van der Waals surface area contributed by atoms with Crippen molar-refractivity contribution in [2.24, 2.45) is 0 Å². The van der Waals surface area contributed by atoms with Crippen LogP contribution in [0.15, 0.2) is 58.0 Å². The van der Waals surface area contributed by atoms with Crippen LogP contribution in [0.3, 0.4) is 0 Å². The predicted molar refractivity (Wildman–Crippen MR) is 118 cm³/mol. The first kappa shape index (κ1) is 19.8. The molecular weight excluding hydrogens is 462 g/mol. The molecule has 0 N–H and O–H groups in total. The van der Waals surface area contributed by atoms with E-state index in [0.717, 1.165) is 43.8 Å². The van der Waals surface area contributed by atoms with Gasteiger partial charge >= 0.3 is 0 Å². The fraction of sp³-hybridized carbons (Fsp3) is 0.300. The van der Waals surface area contributed by atoms with E-state index in [0.29, 0.717) is 15.0 Å². The van der Waals surface area contributed by atoms with Crippen LogP contribution >= 0.6 is 27.5 Å². The SMILES string of the molecule is CCN1CCN(c2cn(S(=O)(=O)c3ccccc3Br)c3ccc(Cl)cc23)CC1. The Morgan fingerprint density at radius 2 is 1.79 bits per heavy atom. The van der Waals surface area contributed by atoms with E-state index in [4.69, 9.17) is 11.6 Å². The van der Waals surface area contributed by atoms with Crippen LogP contribution < -0.4 is 4.90 Å². The van der Waals surface area contributed by atoms with Crippen molar-refractivity contribution in [2.75, 3.05) is 37.6 Å². The molecule has 0 radical (unpaired) electrons. The third-order valence-electron chi connectivity index (χ3n) is 5.25. The van der Waals surface area contributed by atoms with Crippen molar-refractivity contribution >= 4 is 54.1 Å². The van der Waals surface area contributed by atoms with Crippen molar-refractivity contribution < 1.29 is 8.42 Å². The summed E-state index contributed by atoms with van der Waals surface area (Å²) < 4.78 is 28.8. The number of nitrogens with zero attached hydrogens (tertiary/aromatic N) is 3. The van der Waals surface area contributed by atoms with E-state index in [1.165, 1.54) is 3.97 Å². The van der Waals surface area contributed by atoms with Crippen molar-refractivity contribution in [3.05, 3.63) is 58.2 Å². The lowest BCUT2D eigenvalue weighted by atomic mass is 10.2. The van der Waals surface area contributed by atoms with Crippen molar-refractivity contribution in [1.29, 1.82) is 0 Å². The molecule has 4 rings (SSSR count). The highest BCUT2D eigenvalue weighted by atomic mass is 79.9. The van der Waals surface area contributed by atoms with Gasteiger partial charge in [0.25, 0.3) is 10.0 Å². The second-order valence-electron chi connectivity index (χ2n) is 6.83. The molecule has 0 atom stereocenters. The number of hydrogen-bond donors (Lipinski definition) is 0. The zero-order chi connectivity index (χ0) is 19.9. The molecule has 1 aliphatic heterocycles. The van der Waals surface area contributed by atoms with Crippen LogP contribution in [0.4, 0.5) is 5.69 Å². The Bertz CT molecular complexity index is 1120. The minimum absolute atomic E-state index is 0.240. The third kappa shape index (κ3) is 3.45. The van der Waals surface area contributed by atoms with Crippen LogP contribution in [0, 0.1) is 0 Å². The van der Waals surface area contributed by atoms with Gasteiger partial charge in [0.1, 0.15) is 4.90 Å². The van der Waals surface area contributed by atoms with Gasteiger partial charge in [-0.3, -0.25) is 0 Å². The number of rotatable bonds is 4. The molecule has 2 heterocycles. The van der Waals surface area contributed by atoms with E-state index in [9.17, 15) is 8.42 Å². The van der Waals surface area contributed by atoms with E-state index in [1.807, 2.05) is 6.07 Å². The molecule has 5 nitrogen and oxygen atoms in total. The maximum Gasteiger partial charge on any atom is 0.269 e. The van der Waals surface area contributed by atoms with Crippen LogP contribution in [-0.2, 0) is 10.0 Å². The average molecular weight is 483 g/mol. The highest BCUT2D eigenvalue weighted by Crippen LogP contribution is 2.35. The topological polar surface area (TPSA) is 45.5 Å². The molecule has 148 valence electrons. The summed E-state index contributed by atoms with van der Waals surface area (Å²) in [5, 5.41) is 1.45. The molecule has 0 aliphatic carbocycles. The van der Waals surface area contributed by atoms with Crippen LogP contribution in [0.1, 0.15) is 6.92 Å². The predicted octanol–water partition coefficient (Wildman–Crippen LogP) is 4.44. The fourth-order valence-corrected chi connectivity index (χ4v) is 6.18. The van der Waals surface area contributed by atoms with Gasteiger partial charge in [-0.2, -0.15) is 0 Å². The zero-order valence-electron chi connectivity index (χ0n) is 15.5. The van der Waals surface area contributed by atoms with Gasteiger partial charge in [0.2, 0.25) is 0 Å². The van der Waals surface area contributed by atoms with Gasteiger partial charge in [0.05, 0.1) is 11.2 Å². The van der Waals surface area contributed by atoms with E-state index in [-0.39, 0.29) is 4.90 Å². The summed E-state index contributed by atoms with van der Waals surface area (Å²) in [5.41, 5.74) is 1.54. The zero-order valence-corrected chi connectivity index (χ0v) is 18.6. The Labute approximate surface area is 178 Å². The Hall–Kier alpha value is -1.54. The molecule has 1 aliphatic rings. The Morgan fingerprint density at radius 1 is 1.07 bits per heavy atom. The van der Waals surface area contributed by atoms with E-state index in [1.54, 1.807) is 42.6 Å². The summed E-state index contributed by atoms with van der Waals surface area (Å²) in [7, 11) is -3.75. The molecule has 0 spiro atoms. The molecule has 28 heavy (non-hydrogen) atoms. The lowest BCUT2D eigenvalue weighted by molar-refractivity contribution is 0.271. The average Bonchev–Trinajstić information content (AvgIpc) is 3.07. The maximum absolute atomic E-state index is 13.4. The van der Waals surface area contributed by atoms with Crippen LogP contribution in [0.2, 0.25) is 5.02 Å². The van der Waals surface area contributed by atoms with Crippen molar-refractivity contribution in [2.45, 2.75) is 11.8 Å². The molecule has 1 aromatic heterocycles. The van der Waals surface area contributed by atoms with E-state index < -0.39 is 10.0 Å². The van der Waals surface area contributed by atoms with Gasteiger partial charge in [-0.05, 0) is 52.8 Å². The first-order valence-electron chi connectivity index (χ1n) is 9.20. The number of likely N-dealkylation sites (N-methyl/N-ethyl adjacent to an activating group) is 1. The largest absolute Gasteiger partial charge is 0.367 e. The first-order valence-corrected chi connectivity index (χ1v) is 11.8. The van der Waals surface area contributed by atoms with Crippen LogP contribution in [-0.4, -0.2) is 50.0 Å². The number of halogens is 2. The number of fused-ring (bicyclic) bond motifs is 1.